The van der Waals surface area contributed by atoms with E-state index >= 15 is 0 Å². The molecule has 1 aliphatic rings. The van der Waals surface area contributed by atoms with Gasteiger partial charge in [-0.3, -0.25) is 5.10 Å². The Balaban J connectivity index is 1.45. The highest BCUT2D eigenvalue weighted by Crippen LogP contribution is 2.34. The summed E-state index contributed by atoms with van der Waals surface area (Å²) < 4.78 is 0. The van der Waals surface area contributed by atoms with Crippen LogP contribution in [0.2, 0.25) is 0 Å². The third-order valence-corrected chi connectivity index (χ3v) is 4.35. The highest BCUT2D eigenvalue weighted by molar-refractivity contribution is 7.99. The number of hydrogen-bond donors (Lipinski definition) is 3. The van der Waals surface area contributed by atoms with Crippen LogP contribution < -0.4 is 11.1 Å². The highest BCUT2D eigenvalue weighted by atomic mass is 32.2. The van der Waals surface area contributed by atoms with Crippen molar-refractivity contribution in [2.75, 3.05) is 17.6 Å². The van der Waals surface area contributed by atoms with E-state index < -0.39 is 0 Å². The molecule has 2 aromatic rings. The second kappa shape index (κ2) is 6.40. The fourth-order valence-corrected chi connectivity index (χ4v) is 3.00. The first-order valence-corrected chi connectivity index (χ1v) is 8.02. The van der Waals surface area contributed by atoms with Gasteiger partial charge in [0.15, 0.2) is 0 Å². The van der Waals surface area contributed by atoms with E-state index in [2.05, 4.69) is 30.5 Å². The van der Waals surface area contributed by atoms with Gasteiger partial charge >= 0.3 is 0 Å². The van der Waals surface area contributed by atoms with Crippen LogP contribution in [0.25, 0.3) is 0 Å². The average molecular weight is 305 g/mol. The van der Waals surface area contributed by atoms with Gasteiger partial charge in [-0.15, -0.1) is 5.10 Å². The zero-order chi connectivity index (χ0) is 14.7. The van der Waals surface area contributed by atoms with Crippen LogP contribution in [-0.4, -0.2) is 43.5 Å². The second-order valence-corrected chi connectivity index (χ2v) is 6.30. The first-order chi connectivity index (χ1) is 10.2. The van der Waals surface area contributed by atoms with E-state index in [4.69, 9.17) is 5.73 Å². The number of aryl methyl sites for hydroxylation is 1. The van der Waals surface area contributed by atoms with Gasteiger partial charge in [0.2, 0.25) is 5.16 Å². The van der Waals surface area contributed by atoms with Gasteiger partial charge in [-0.25, -0.2) is 15.0 Å². The lowest BCUT2D eigenvalue weighted by molar-refractivity contribution is 0.345. The molecule has 0 bridgehead atoms. The molecule has 112 valence electrons. The van der Waals surface area contributed by atoms with Crippen molar-refractivity contribution >= 4 is 17.6 Å². The fourth-order valence-electron chi connectivity index (χ4n) is 2.30. The van der Waals surface area contributed by atoms with Crippen molar-refractivity contribution < 1.29 is 0 Å². The van der Waals surface area contributed by atoms with Gasteiger partial charge in [-0.2, -0.15) is 0 Å². The van der Waals surface area contributed by atoms with E-state index in [1.807, 2.05) is 13.0 Å². The molecular weight excluding hydrogens is 286 g/mol. The Morgan fingerprint density at radius 2 is 2.29 bits per heavy atom. The fraction of sp³-hybridized carbons (Fsp3) is 0.538. The summed E-state index contributed by atoms with van der Waals surface area (Å²) in [5.41, 5.74) is 6.91. The van der Waals surface area contributed by atoms with Crippen molar-refractivity contribution in [2.24, 2.45) is 5.73 Å². The molecule has 4 N–H and O–H groups in total. The maximum absolute atomic E-state index is 5.82. The van der Waals surface area contributed by atoms with Crippen LogP contribution in [0.5, 0.6) is 0 Å². The number of hydrogen-bond acceptors (Lipinski definition) is 7. The van der Waals surface area contributed by atoms with Crippen LogP contribution in [0.1, 0.15) is 30.3 Å². The van der Waals surface area contributed by atoms with E-state index in [0.29, 0.717) is 12.0 Å². The molecule has 0 amide bonds. The molecule has 7 nitrogen and oxygen atoms in total. The molecule has 2 aromatic heterocycles. The number of aromatic amines is 1. The van der Waals surface area contributed by atoms with Gasteiger partial charge in [-0.05, 0) is 19.8 Å². The molecule has 0 aliphatic heterocycles. The van der Waals surface area contributed by atoms with Gasteiger partial charge in [0.25, 0.3) is 0 Å². The number of nitrogens with one attached hydrogen (secondary N) is 2. The molecule has 1 saturated carbocycles. The number of thioether (sulfide) groups is 1. The maximum atomic E-state index is 5.82. The van der Waals surface area contributed by atoms with Crippen LogP contribution >= 0.6 is 11.8 Å². The minimum Gasteiger partial charge on any atom is -0.369 e. The summed E-state index contributed by atoms with van der Waals surface area (Å²) >= 11 is 1.61. The molecule has 0 saturated heterocycles. The third kappa shape index (κ3) is 3.70. The summed E-state index contributed by atoms with van der Waals surface area (Å²) in [5.74, 6) is 3.08. The zero-order valence-corrected chi connectivity index (χ0v) is 12.7. The van der Waals surface area contributed by atoms with Gasteiger partial charge < -0.3 is 11.1 Å². The van der Waals surface area contributed by atoms with Crippen LogP contribution in [0, 0.1) is 6.92 Å². The molecule has 1 aliphatic carbocycles. The van der Waals surface area contributed by atoms with Crippen molar-refractivity contribution in [1.82, 2.24) is 25.1 Å². The first-order valence-electron chi connectivity index (χ1n) is 7.04. The molecule has 0 atom stereocenters. The molecule has 3 rings (SSSR count). The van der Waals surface area contributed by atoms with E-state index in [1.165, 1.54) is 0 Å². The number of H-pyrrole nitrogens is 1. The Morgan fingerprint density at radius 1 is 1.43 bits per heavy atom. The van der Waals surface area contributed by atoms with Crippen LogP contribution in [0.3, 0.4) is 0 Å². The highest BCUT2D eigenvalue weighted by Gasteiger charge is 2.28. The van der Waals surface area contributed by atoms with Crippen molar-refractivity contribution in [1.29, 1.82) is 0 Å². The first kappa shape index (κ1) is 14.3. The van der Waals surface area contributed by atoms with E-state index in [0.717, 1.165) is 47.6 Å². The quantitative estimate of drug-likeness (QED) is 0.546. The predicted molar refractivity (Wildman–Crippen MR) is 82.3 cm³/mol. The largest absolute Gasteiger partial charge is 0.369 e. The van der Waals surface area contributed by atoms with E-state index in [1.54, 1.807) is 18.1 Å². The van der Waals surface area contributed by atoms with Gasteiger partial charge in [0.1, 0.15) is 18.0 Å². The molecule has 0 aromatic carbocycles. The predicted octanol–water partition coefficient (Wildman–Crippen LogP) is 1.31. The molecule has 2 heterocycles. The minimum atomic E-state index is 0.336. The van der Waals surface area contributed by atoms with E-state index in [-0.39, 0.29) is 0 Å². The molecular formula is C13H19N7S. The molecule has 21 heavy (non-hydrogen) atoms. The lowest BCUT2D eigenvalue weighted by atomic mass is 9.79. The smallest absolute Gasteiger partial charge is 0.208 e. The molecule has 1 fully saturated rings. The van der Waals surface area contributed by atoms with Gasteiger partial charge in [0, 0.05) is 36.0 Å². The molecule has 0 unspecified atom stereocenters. The number of nitrogens with zero attached hydrogens (tertiary/aromatic N) is 4. The zero-order valence-electron chi connectivity index (χ0n) is 11.9. The number of rotatable bonds is 6. The Bertz CT molecular complexity index is 594. The molecule has 8 heteroatoms. The average Bonchev–Trinajstić information content (AvgIpc) is 2.86. The Labute approximate surface area is 127 Å². The lowest BCUT2D eigenvalue weighted by Gasteiger charge is -2.31. The van der Waals surface area contributed by atoms with Crippen molar-refractivity contribution in [2.45, 2.75) is 36.9 Å². The van der Waals surface area contributed by atoms with Gasteiger partial charge in [0.05, 0.1) is 0 Å². The van der Waals surface area contributed by atoms with Crippen LogP contribution in [0.4, 0.5) is 5.82 Å². The Kier molecular flexibility index (Phi) is 4.35. The SMILES string of the molecule is Cc1nc(SCCNc2cc(C3CC(N)C3)ncn2)n[nH]1. The van der Waals surface area contributed by atoms with Gasteiger partial charge in [-0.1, -0.05) is 11.8 Å². The summed E-state index contributed by atoms with van der Waals surface area (Å²) in [7, 11) is 0. The summed E-state index contributed by atoms with van der Waals surface area (Å²) in [4.78, 5) is 12.8. The minimum absolute atomic E-state index is 0.336. The number of nitrogens with two attached hydrogens (primary N) is 1. The van der Waals surface area contributed by atoms with E-state index in [9.17, 15) is 0 Å². The Morgan fingerprint density at radius 3 is 3.00 bits per heavy atom. The standard InChI is InChI=1S/C13H19N7S/c1-8-18-13(20-19-8)21-3-2-15-12-6-11(16-7-17-12)9-4-10(14)5-9/h6-7,9-10H,2-5,14H2,1H3,(H,15,16,17)(H,18,19,20). The maximum Gasteiger partial charge on any atom is 0.208 e. The summed E-state index contributed by atoms with van der Waals surface area (Å²) in [6.07, 6.45) is 3.67. The number of anilines is 1. The Hall–Kier alpha value is -1.67. The molecule has 0 radical (unpaired) electrons. The summed E-state index contributed by atoms with van der Waals surface area (Å²) in [6.45, 7) is 2.70. The second-order valence-electron chi connectivity index (χ2n) is 5.24. The van der Waals surface area contributed by atoms with Crippen LogP contribution in [0.15, 0.2) is 17.6 Å². The summed E-state index contributed by atoms with van der Waals surface area (Å²) in [5, 5.41) is 11.0. The normalized spacial score (nSPS) is 21.0. The lowest BCUT2D eigenvalue weighted by Crippen LogP contribution is -2.35. The number of aromatic nitrogens is 5. The topological polar surface area (TPSA) is 105 Å². The third-order valence-electron chi connectivity index (χ3n) is 3.50. The molecule has 0 spiro atoms. The van der Waals surface area contributed by atoms with Crippen molar-refractivity contribution in [3.05, 3.63) is 23.9 Å². The van der Waals surface area contributed by atoms with Crippen molar-refractivity contribution in [3.8, 4) is 0 Å². The summed E-state index contributed by atoms with van der Waals surface area (Å²) in [6, 6.07) is 2.36. The van der Waals surface area contributed by atoms with Crippen LogP contribution in [-0.2, 0) is 0 Å². The monoisotopic (exact) mass is 305 g/mol. The van der Waals surface area contributed by atoms with Crippen molar-refractivity contribution in [3.63, 3.8) is 0 Å².